The molecule has 1 aliphatic rings. The van der Waals surface area contributed by atoms with E-state index in [4.69, 9.17) is 0 Å². The van der Waals surface area contributed by atoms with Crippen molar-refractivity contribution >= 4 is 23.2 Å². The molecule has 1 aliphatic heterocycles. The van der Waals surface area contributed by atoms with E-state index in [1.54, 1.807) is 12.4 Å². The summed E-state index contributed by atoms with van der Waals surface area (Å²) in [6.45, 7) is 1.74. The van der Waals surface area contributed by atoms with E-state index < -0.39 is 0 Å². The van der Waals surface area contributed by atoms with Gasteiger partial charge in [0.25, 0.3) is 0 Å². The van der Waals surface area contributed by atoms with E-state index in [1.165, 1.54) is 6.33 Å². The van der Waals surface area contributed by atoms with Crippen LogP contribution in [0.1, 0.15) is 0 Å². The number of carbonyl (C=O) groups excluding carboxylic acids is 1. The highest BCUT2D eigenvalue weighted by molar-refractivity contribution is 5.82. The number of nitrogens with one attached hydrogen (secondary N) is 2. The summed E-state index contributed by atoms with van der Waals surface area (Å²) < 4.78 is 0. The van der Waals surface area contributed by atoms with E-state index in [9.17, 15) is 4.79 Å². The number of anilines is 3. The lowest BCUT2D eigenvalue weighted by atomic mass is 10.1. The maximum atomic E-state index is 11.5. The zero-order valence-corrected chi connectivity index (χ0v) is 14.1. The van der Waals surface area contributed by atoms with Gasteiger partial charge in [-0.15, -0.1) is 0 Å². The second kappa shape index (κ2) is 7.18. The molecule has 2 aromatic heterocycles. The molecule has 1 aromatic carbocycles. The molecule has 4 rings (SSSR count). The van der Waals surface area contributed by atoms with Crippen LogP contribution in [0.4, 0.5) is 17.3 Å². The van der Waals surface area contributed by atoms with Crippen LogP contribution in [-0.4, -0.2) is 40.5 Å². The van der Waals surface area contributed by atoms with Crippen LogP contribution in [0.5, 0.6) is 0 Å². The molecule has 26 heavy (non-hydrogen) atoms. The Morgan fingerprint density at radius 1 is 1.04 bits per heavy atom. The van der Waals surface area contributed by atoms with Crippen LogP contribution in [0.25, 0.3) is 11.1 Å². The van der Waals surface area contributed by atoms with Crippen LogP contribution in [0, 0.1) is 0 Å². The standard InChI is InChI=1S/C19H18N6O/c26-18-12-25(9-8-21-18)17-7-6-15(10-22-17)24-19-16(11-20-13-23-19)14-4-2-1-3-5-14/h1-7,10-11,13H,8-9,12H2,(H,21,26)(H,20,23,24). The van der Waals surface area contributed by atoms with Gasteiger partial charge in [0.1, 0.15) is 18.0 Å². The van der Waals surface area contributed by atoms with Crippen molar-refractivity contribution in [3.63, 3.8) is 0 Å². The number of pyridine rings is 1. The topological polar surface area (TPSA) is 83.0 Å². The first-order valence-corrected chi connectivity index (χ1v) is 8.40. The molecule has 7 nitrogen and oxygen atoms in total. The predicted molar refractivity (Wildman–Crippen MR) is 100 cm³/mol. The van der Waals surface area contributed by atoms with Crippen LogP contribution >= 0.6 is 0 Å². The Kier molecular flexibility index (Phi) is 4.42. The van der Waals surface area contributed by atoms with Crippen molar-refractivity contribution in [1.82, 2.24) is 20.3 Å². The number of hydrogen-bond acceptors (Lipinski definition) is 6. The summed E-state index contributed by atoms with van der Waals surface area (Å²) in [5.41, 5.74) is 2.79. The molecule has 0 atom stereocenters. The Morgan fingerprint density at radius 2 is 1.92 bits per heavy atom. The second-order valence-corrected chi connectivity index (χ2v) is 5.95. The van der Waals surface area contributed by atoms with Crippen molar-refractivity contribution < 1.29 is 4.79 Å². The minimum atomic E-state index is 0.0220. The molecule has 1 fully saturated rings. The summed E-state index contributed by atoms with van der Waals surface area (Å²) in [6.07, 6.45) is 5.06. The van der Waals surface area contributed by atoms with Crippen molar-refractivity contribution in [3.8, 4) is 11.1 Å². The Labute approximate surface area is 151 Å². The van der Waals surface area contributed by atoms with E-state index in [0.29, 0.717) is 13.1 Å². The minimum Gasteiger partial charge on any atom is -0.353 e. The number of rotatable bonds is 4. The first-order valence-electron chi connectivity index (χ1n) is 8.40. The zero-order chi connectivity index (χ0) is 17.8. The van der Waals surface area contributed by atoms with Crippen LogP contribution in [0.15, 0.2) is 61.2 Å². The molecule has 1 saturated heterocycles. The van der Waals surface area contributed by atoms with Crippen LogP contribution in [-0.2, 0) is 4.79 Å². The van der Waals surface area contributed by atoms with Gasteiger partial charge in [-0.25, -0.2) is 15.0 Å². The number of amides is 1. The largest absolute Gasteiger partial charge is 0.353 e. The highest BCUT2D eigenvalue weighted by Gasteiger charge is 2.17. The van der Waals surface area contributed by atoms with Gasteiger partial charge in [-0.1, -0.05) is 30.3 Å². The van der Waals surface area contributed by atoms with E-state index in [1.807, 2.05) is 47.4 Å². The Hall–Kier alpha value is -3.48. The van der Waals surface area contributed by atoms with Gasteiger partial charge < -0.3 is 15.5 Å². The van der Waals surface area contributed by atoms with Crippen LogP contribution < -0.4 is 15.5 Å². The number of nitrogens with zero attached hydrogens (tertiary/aromatic N) is 4. The third-order valence-corrected chi connectivity index (χ3v) is 4.17. The van der Waals surface area contributed by atoms with Crippen molar-refractivity contribution in [2.24, 2.45) is 0 Å². The summed E-state index contributed by atoms with van der Waals surface area (Å²) in [5, 5.41) is 6.11. The first kappa shape index (κ1) is 16.0. The van der Waals surface area contributed by atoms with Gasteiger partial charge in [-0.2, -0.15) is 0 Å². The quantitative estimate of drug-likeness (QED) is 0.754. The molecule has 0 bridgehead atoms. The highest BCUT2D eigenvalue weighted by Crippen LogP contribution is 2.27. The monoisotopic (exact) mass is 346 g/mol. The molecule has 7 heteroatoms. The highest BCUT2D eigenvalue weighted by atomic mass is 16.2. The SMILES string of the molecule is O=C1CN(c2ccc(Nc3ncncc3-c3ccccc3)cn2)CCN1. The lowest BCUT2D eigenvalue weighted by molar-refractivity contribution is -0.120. The van der Waals surface area contributed by atoms with Gasteiger partial charge in [-0.3, -0.25) is 4.79 Å². The lowest BCUT2D eigenvalue weighted by Gasteiger charge is -2.27. The van der Waals surface area contributed by atoms with Gasteiger partial charge in [0.15, 0.2) is 0 Å². The molecule has 0 spiro atoms. The van der Waals surface area contributed by atoms with Gasteiger partial charge in [0, 0.05) is 24.8 Å². The first-order chi connectivity index (χ1) is 12.8. The average molecular weight is 346 g/mol. The van der Waals surface area contributed by atoms with Crippen molar-refractivity contribution in [2.45, 2.75) is 0 Å². The number of piperazine rings is 1. The molecule has 0 aliphatic carbocycles. The number of hydrogen-bond donors (Lipinski definition) is 2. The maximum Gasteiger partial charge on any atom is 0.239 e. The third-order valence-electron chi connectivity index (χ3n) is 4.17. The predicted octanol–water partition coefficient (Wildman–Crippen LogP) is 2.22. The third kappa shape index (κ3) is 3.46. The summed E-state index contributed by atoms with van der Waals surface area (Å²) in [5.74, 6) is 1.53. The summed E-state index contributed by atoms with van der Waals surface area (Å²) in [4.78, 5) is 26.5. The van der Waals surface area contributed by atoms with Crippen LogP contribution in [0.3, 0.4) is 0 Å². The minimum absolute atomic E-state index is 0.0220. The molecule has 0 radical (unpaired) electrons. The zero-order valence-electron chi connectivity index (χ0n) is 14.1. The number of benzene rings is 1. The fourth-order valence-corrected chi connectivity index (χ4v) is 2.88. The normalized spacial score (nSPS) is 14.0. The fraction of sp³-hybridized carbons (Fsp3) is 0.158. The molecule has 0 saturated carbocycles. The van der Waals surface area contributed by atoms with E-state index in [0.717, 1.165) is 35.0 Å². The molecule has 3 aromatic rings. The maximum absolute atomic E-state index is 11.5. The molecule has 0 unspecified atom stereocenters. The Bertz CT molecular complexity index is 897. The molecular formula is C19H18N6O. The average Bonchev–Trinajstić information content (AvgIpc) is 2.70. The van der Waals surface area contributed by atoms with Gasteiger partial charge in [0.05, 0.1) is 18.4 Å². The van der Waals surface area contributed by atoms with Gasteiger partial charge >= 0.3 is 0 Å². The van der Waals surface area contributed by atoms with E-state index in [-0.39, 0.29) is 5.91 Å². The summed E-state index contributed by atoms with van der Waals surface area (Å²) in [7, 11) is 0. The Morgan fingerprint density at radius 3 is 2.69 bits per heavy atom. The van der Waals surface area contributed by atoms with Gasteiger partial charge in [-0.05, 0) is 17.7 Å². The van der Waals surface area contributed by atoms with Gasteiger partial charge in [0.2, 0.25) is 5.91 Å². The second-order valence-electron chi connectivity index (χ2n) is 5.95. The fourth-order valence-electron chi connectivity index (χ4n) is 2.88. The molecular weight excluding hydrogens is 328 g/mol. The number of aromatic nitrogens is 3. The molecule has 3 heterocycles. The lowest BCUT2D eigenvalue weighted by Crippen LogP contribution is -2.48. The van der Waals surface area contributed by atoms with Crippen molar-refractivity contribution in [3.05, 3.63) is 61.2 Å². The molecule has 130 valence electrons. The van der Waals surface area contributed by atoms with Crippen molar-refractivity contribution in [1.29, 1.82) is 0 Å². The molecule has 2 N–H and O–H groups in total. The summed E-state index contributed by atoms with van der Waals surface area (Å²) >= 11 is 0. The van der Waals surface area contributed by atoms with Crippen molar-refractivity contribution in [2.75, 3.05) is 29.9 Å². The van der Waals surface area contributed by atoms with E-state index in [2.05, 4.69) is 25.6 Å². The molecule has 1 amide bonds. The van der Waals surface area contributed by atoms with Crippen LogP contribution in [0.2, 0.25) is 0 Å². The Balaban J connectivity index is 1.54. The smallest absolute Gasteiger partial charge is 0.239 e. The number of carbonyl (C=O) groups is 1. The van der Waals surface area contributed by atoms with E-state index >= 15 is 0 Å². The summed E-state index contributed by atoms with van der Waals surface area (Å²) in [6, 6.07) is 13.8.